The van der Waals surface area contributed by atoms with Gasteiger partial charge in [-0.15, -0.1) is 0 Å². The molecule has 1 amide bonds. The quantitative estimate of drug-likeness (QED) is 0.380. The van der Waals surface area contributed by atoms with Crippen LogP contribution in [0.25, 0.3) is 10.9 Å². The van der Waals surface area contributed by atoms with Gasteiger partial charge in [0.05, 0.1) is 30.3 Å². The van der Waals surface area contributed by atoms with Crippen molar-refractivity contribution in [2.24, 2.45) is 0 Å². The van der Waals surface area contributed by atoms with Gasteiger partial charge in [-0.2, -0.15) is 0 Å². The molecule has 0 saturated carbocycles. The van der Waals surface area contributed by atoms with E-state index >= 15 is 0 Å². The van der Waals surface area contributed by atoms with Crippen LogP contribution in [0.1, 0.15) is 24.2 Å². The van der Waals surface area contributed by atoms with Crippen LogP contribution in [0.15, 0.2) is 65.5 Å². The van der Waals surface area contributed by atoms with Crippen molar-refractivity contribution in [1.29, 1.82) is 0 Å². The molecule has 9 nitrogen and oxygen atoms in total. The number of carbonyl (C=O) groups is 1. The monoisotopic (exact) mass is 492 g/mol. The summed E-state index contributed by atoms with van der Waals surface area (Å²) in [6.45, 7) is 2.17. The molecule has 1 aliphatic heterocycles. The number of nitrogens with zero attached hydrogens (tertiary/aromatic N) is 4. The number of aromatic nitrogens is 3. The third-order valence-electron chi connectivity index (χ3n) is 5.82. The highest BCUT2D eigenvalue weighted by Gasteiger charge is 2.25. The Labute approximate surface area is 207 Å². The number of halogens is 1. The number of pyridine rings is 1. The molecule has 0 aliphatic carbocycles. The second kappa shape index (κ2) is 10.6. The fraction of sp³-hybridized carbons (Fsp3) is 0.280. The van der Waals surface area contributed by atoms with E-state index in [1.54, 1.807) is 30.8 Å². The summed E-state index contributed by atoms with van der Waals surface area (Å²) < 4.78 is 10.9. The summed E-state index contributed by atoms with van der Waals surface area (Å²) in [5, 5.41) is 7.50. The molecule has 180 valence electrons. The Morgan fingerprint density at radius 1 is 1.17 bits per heavy atom. The first-order valence-electron chi connectivity index (χ1n) is 11.5. The fourth-order valence-electron chi connectivity index (χ4n) is 4.09. The molecule has 0 spiro atoms. The molecule has 1 aromatic carbocycles. The van der Waals surface area contributed by atoms with Gasteiger partial charge in [0, 0.05) is 30.5 Å². The lowest BCUT2D eigenvalue weighted by Crippen LogP contribution is -2.42. The fourth-order valence-corrected chi connectivity index (χ4v) is 4.29. The van der Waals surface area contributed by atoms with Crippen molar-refractivity contribution < 1.29 is 13.9 Å². The molecule has 2 N–H and O–H groups in total. The predicted octanol–water partition coefficient (Wildman–Crippen LogP) is 4.78. The van der Waals surface area contributed by atoms with Crippen LogP contribution in [0.5, 0.6) is 0 Å². The number of fused-ring (bicyclic) bond motifs is 1. The number of nitrogens with one attached hydrogen (secondary N) is 2. The number of furan rings is 1. The number of amides is 1. The van der Waals surface area contributed by atoms with Gasteiger partial charge in [0.1, 0.15) is 17.7 Å². The minimum Gasteiger partial charge on any atom is -0.467 e. The molecule has 4 heterocycles. The van der Waals surface area contributed by atoms with Crippen molar-refractivity contribution in [3.63, 3.8) is 0 Å². The molecule has 35 heavy (non-hydrogen) atoms. The average Bonchev–Trinajstić information content (AvgIpc) is 3.40. The molecule has 1 unspecified atom stereocenters. The van der Waals surface area contributed by atoms with Crippen molar-refractivity contribution in [3.8, 4) is 0 Å². The number of hydrogen-bond acceptors (Lipinski definition) is 8. The van der Waals surface area contributed by atoms with Gasteiger partial charge < -0.3 is 24.7 Å². The number of anilines is 2. The van der Waals surface area contributed by atoms with Gasteiger partial charge in [0.25, 0.3) is 0 Å². The highest BCUT2D eigenvalue weighted by molar-refractivity contribution is 6.31. The zero-order chi connectivity index (χ0) is 24.0. The Balaban J connectivity index is 1.24. The highest BCUT2D eigenvalue weighted by Crippen LogP contribution is 2.27. The van der Waals surface area contributed by atoms with Crippen molar-refractivity contribution in [2.75, 3.05) is 23.3 Å². The maximum absolute atomic E-state index is 12.2. The molecule has 5 rings (SSSR count). The summed E-state index contributed by atoms with van der Waals surface area (Å²) in [5.74, 6) is 1.97. The van der Waals surface area contributed by atoms with Crippen molar-refractivity contribution in [2.45, 2.75) is 32.0 Å². The highest BCUT2D eigenvalue weighted by atomic mass is 35.5. The van der Waals surface area contributed by atoms with Crippen LogP contribution >= 0.6 is 11.6 Å². The largest absolute Gasteiger partial charge is 0.467 e. The summed E-state index contributed by atoms with van der Waals surface area (Å²) in [6.07, 6.45) is 6.06. The summed E-state index contributed by atoms with van der Waals surface area (Å²) in [7, 11) is 0. The Bertz CT molecular complexity index is 1300. The van der Waals surface area contributed by atoms with Crippen molar-refractivity contribution in [3.05, 3.63) is 77.5 Å². The summed E-state index contributed by atoms with van der Waals surface area (Å²) in [5.41, 5.74) is 1.76. The Morgan fingerprint density at radius 3 is 2.94 bits per heavy atom. The Kier molecular flexibility index (Phi) is 6.94. The third-order valence-corrected chi connectivity index (χ3v) is 6.19. The van der Waals surface area contributed by atoms with E-state index in [0.717, 1.165) is 41.7 Å². The molecule has 1 fully saturated rings. The molecule has 3 aromatic heterocycles. The van der Waals surface area contributed by atoms with Gasteiger partial charge in [-0.1, -0.05) is 29.8 Å². The predicted molar refractivity (Wildman–Crippen MR) is 133 cm³/mol. The number of piperidine rings is 1. The minimum atomic E-state index is -0.461. The van der Waals surface area contributed by atoms with Gasteiger partial charge in [-0.3, -0.25) is 0 Å². The van der Waals surface area contributed by atoms with Crippen LogP contribution in [0.4, 0.5) is 16.6 Å². The molecule has 10 heteroatoms. The molecule has 4 aromatic rings. The maximum atomic E-state index is 12.2. The van der Waals surface area contributed by atoms with E-state index in [0.29, 0.717) is 29.8 Å². The SMILES string of the molecule is O=C(NCc1ccco1)OC1CCCN(c2nccc3nc(NCc4ccccc4Cl)ncc23)C1. The molecular weight excluding hydrogens is 468 g/mol. The maximum Gasteiger partial charge on any atom is 0.407 e. The molecule has 1 aliphatic rings. The lowest BCUT2D eigenvalue weighted by molar-refractivity contribution is 0.0874. The van der Waals surface area contributed by atoms with Crippen molar-refractivity contribution >= 4 is 40.4 Å². The molecular formula is C25H25ClN6O3. The Hall–Kier alpha value is -3.85. The standard InChI is InChI=1S/C25H25ClN6O3/c26-21-8-2-1-5-17(21)13-28-24-29-15-20-22(31-24)9-10-27-23(20)32-11-3-6-19(16-32)35-25(33)30-14-18-7-4-12-34-18/h1-2,4-5,7-10,12,15,19H,3,6,11,13-14,16H2,(H,30,33)(H,28,29,31). The smallest absolute Gasteiger partial charge is 0.407 e. The van der Waals surface area contributed by atoms with E-state index in [9.17, 15) is 4.79 Å². The number of ether oxygens (including phenoxy) is 1. The number of hydrogen-bond donors (Lipinski definition) is 2. The Morgan fingerprint density at radius 2 is 2.09 bits per heavy atom. The van der Waals surface area contributed by atoms with E-state index in [-0.39, 0.29) is 12.6 Å². The topological polar surface area (TPSA) is 105 Å². The number of rotatable bonds is 7. The summed E-state index contributed by atoms with van der Waals surface area (Å²) in [4.78, 5) is 28.1. The molecule has 0 bridgehead atoms. The van der Waals surface area contributed by atoms with E-state index < -0.39 is 6.09 Å². The van der Waals surface area contributed by atoms with Crippen LogP contribution in [0, 0.1) is 0 Å². The molecule has 1 saturated heterocycles. The summed E-state index contributed by atoms with van der Waals surface area (Å²) >= 11 is 6.24. The van der Waals surface area contributed by atoms with E-state index in [1.165, 1.54) is 0 Å². The van der Waals surface area contributed by atoms with E-state index in [1.807, 2.05) is 30.3 Å². The average molecular weight is 493 g/mol. The van der Waals surface area contributed by atoms with E-state index in [4.69, 9.17) is 20.8 Å². The van der Waals surface area contributed by atoms with Crippen LogP contribution in [-0.4, -0.2) is 40.2 Å². The number of carbonyl (C=O) groups excluding carboxylic acids is 1. The molecule has 1 atom stereocenters. The van der Waals surface area contributed by atoms with Gasteiger partial charge in [0.2, 0.25) is 5.95 Å². The van der Waals surface area contributed by atoms with Crippen LogP contribution < -0.4 is 15.5 Å². The first kappa shape index (κ1) is 22.9. The molecule has 0 radical (unpaired) electrons. The van der Waals surface area contributed by atoms with Gasteiger partial charge in [-0.25, -0.2) is 19.7 Å². The zero-order valence-corrected chi connectivity index (χ0v) is 19.7. The minimum absolute atomic E-state index is 0.241. The normalized spacial score (nSPS) is 15.7. The van der Waals surface area contributed by atoms with Gasteiger partial charge in [-0.05, 0) is 42.7 Å². The van der Waals surface area contributed by atoms with E-state index in [2.05, 4.69) is 30.5 Å². The first-order valence-corrected chi connectivity index (χ1v) is 11.8. The first-order chi connectivity index (χ1) is 17.2. The van der Waals surface area contributed by atoms with Crippen LogP contribution in [-0.2, 0) is 17.8 Å². The third kappa shape index (κ3) is 5.63. The zero-order valence-electron chi connectivity index (χ0n) is 19.0. The van der Waals surface area contributed by atoms with Gasteiger partial charge in [0.15, 0.2) is 0 Å². The second-order valence-electron chi connectivity index (χ2n) is 8.25. The summed E-state index contributed by atoms with van der Waals surface area (Å²) in [6, 6.07) is 13.1. The van der Waals surface area contributed by atoms with Gasteiger partial charge >= 0.3 is 6.09 Å². The van der Waals surface area contributed by atoms with Crippen LogP contribution in [0.3, 0.4) is 0 Å². The van der Waals surface area contributed by atoms with Crippen molar-refractivity contribution in [1.82, 2.24) is 20.3 Å². The van der Waals surface area contributed by atoms with Crippen LogP contribution in [0.2, 0.25) is 5.02 Å². The second-order valence-corrected chi connectivity index (χ2v) is 8.66. The number of benzene rings is 1. The number of alkyl carbamates (subject to hydrolysis) is 1. The lowest BCUT2D eigenvalue weighted by Gasteiger charge is -2.33. The lowest BCUT2D eigenvalue weighted by atomic mass is 10.1.